The van der Waals surface area contributed by atoms with Crippen LogP contribution in [0.5, 0.6) is 0 Å². The first kappa shape index (κ1) is 15.7. The number of aromatic amines is 2. The van der Waals surface area contributed by atoms with Gasteiger partial charge in [0.25, 0.3) is 5.56 Å². The van der Waals surface area contributed by atoms with Crippen LogP contribution in [0.1, 0.15) is 19.4 Å². The maximum atomic E-state index is 11.6. The monoisotopic (exact) mass is 294 g/mol. The van der Waals surface area contributed by atoms with Gasteiger partial charge in [0.05, 0.1) is 17.9 Å². The molecule has 116 valence electrons. The molecule has 2 unspecified atom stereocenters. The summed E-state index contributed by atoms with van der Waals surface area (Å²) in [6.45, 7) is 5.77. The van der Waals surface area contributed by atoms with E-state index in [9.17, 15) is 9.90 Å². The lowest BCUT2D eigenvalue weighted by molar-refractivity contribution is 0.103. The van der Waals surface area contributed by atoms with Gasteiger partial charge in [0.2, 0.25) is 0 Å². The third-order valence-electron chi connectivity index (χ3n) is 3.66. The predicted molar refractivity (Wildman–Crippen MR) is 79.9 cm³/mol. The number of hydrogen-bond donors (Lipinski definition) is 4. The second-order valence-corrected chi connectivity index (χ2v) is 4.97. The molecule has 2 atom stereocenters. The Labute approximate surface area is 122 Å². The molecule has 1 saturated heterocycles. The quantitative estimate of drug-likeness (QED) is 0.641. The van der Waals surface area contributed by atoms with Crippen LogP contribution < -0.4 is 5.56 Å². The van der Waals surface area contributed by atoms with Gasteiger partial charge in [-0.2, -0.15) is 0 Å². The molecule has 0 aromatic carbocycles. The summed E-state index contributed by atoms with van der Waals surface area (Å²) >= 11 is 0. The second-order valence-electron chi connectivity index (χ2n) is 4.97. The van der Waals surface area contributed by atoms with E-state index in [1.807, 2.05) is 13.8 Å². The standard InChI is InChI=1S/C12H16N4O3.C2H6/c17-5-8-3-16(4-9(8)18)2-7-1-13-11-10(7)14-6-15-12(11)19;1-2/h1,6,8-9,13,17-18H,2-5H2,(H,14,15,19);1-2H3. The third kappa shape index (κ3) is 3.15. The average Bonchev–Trinajstić information content (AvgIpc) is 3.06. The van der Waals surface area contributed by atoms with Crippen molar-refractivity contribution in [2.75, 3.05) is 19.7 Å². The summed E-state index contributed by atoms with van der Waals surface area (Å²) in [6.07, 6.45) is 2.66. The lowest BCUT2D eigenvalue weighted by atomic mass is 10.1. The van der Waals surface area contributed by atoms with Crippen LogP contribution in [0.3, 0.4) is 0 Å². The molecule has 7 heteroatoms. The SMILES string of the molecule is CC.O=c1[nH]cnc2c(CN3CC(O)C(CO)C3)c[nH]c12. The van der Waals surface area contributed by atoms with Crippen molar-refractivity contribution in [3.8, 4) is 0 Å². The molecule has 0 amide bonds. The van der Waals surface area contributed by atoms with Crippen LogP contribution >= 0.6 is 0 Å². The van der Waals surface area contributed by atoms with E-state index in [0.29, 0.717) is 30.7 Å². The molecule has 7 nitrogen and oxygen atoms in total. The van der Waals surface area contributed by atoms with Gasteiger partial charge in [-0.15, -0.1) is 0 Å². The van der Waals surface area contributed by atoms with E-state index in [1.165, 1.54) is 6.33 Å². The van der Waals surface area contributed by atoms with Gasteiger partial charge in [-0.1, -0.05) is 13.8 Å². The highest BCUT2D eigenvalue weighted by Gasteiger charge is 2.30. The number of H-pyrrole nitrogens is 2. The number of aliphatic hydroxyl groups excluding tert-OH is 2. The van der Waals surface area contributed by atoms with E-state index in [2.05, 4.69) is 19.9 Å². The van der Waals surface area contributed by atoms with Crippen LogP contribution in [0.25, 0.3) is 11.0 Å². The predicted octanol–water partition coefficient (Wildman–Crippen LogP) is 0.0624. The lowest BCUT2D eigenvalue weighted by Crippen LogP contribution is -2.21. The van der Waals surface area contributed by atoms with Crippen LogP contribution in [0.2, 0.25) is 0 Å². The Bertz CT molecular complexity index is 636. The van der Waals surface area contributed by atoms with Gasteiger partial charge >= 0.3 is 0 Å². The molecule has 0 radical (unpaired) electrons. The van der Waals surface area contributed by atoms with Crippen molar-refractivity contribution in [2.24, 2.45) is 5.92 Å². The summed E-state index contributed by atoms with van der Waals surface area (Å²) in [6, 6.07) is 0. The zero-order valence-electron chi connectivity index (χ0n) is 12.3. The topological polar surface area (TPSA) is 105 Å². The first-order valence-electron chi connectivity index (χ1n) is 7.24. The number of aliphatic hydroxyl groups is 2. The Kier molecular flexibility index (Phi) is 5.11. The number of β-amino-alcohol motifs (C(OH)–C–C–N with tert-alkyl or cyclic N) is 1. The molecule has 2 aromatic rings. The van der Waals surface area contributed by atoms with Crippen LogP contribution in [0.15, 0.2) is 17.3 Å². The molecule has 4 N–H and O–H groups in total. The maximum absolute atomic E-state index is 11.6. The Morgan fingerprint density at radius 2 is 2.14 bits per heavy atom. The minimum atomic E-state index is -0.494. The van der Waals surface area contributed by atoms with Gasteiger partial charge in [0, 0.05) is 43.9 Å². The van der Waals surface area contributed by atoms with Gasteiger partial charge in [0.15, 0.2) is 0 Å². The van der Waals surface area contributed by atoms with Gasteiger partial charge < -0.3 is 20.2 Å². The van der Waals surface area contributed by atoms with Crippen molar-refractivity contribution >= 4 is 11.0 Å². The largest absolute Gasteiger partial charge is 0.396 e. The molecular weight excluding hydrogens is 272 g/mol. The molecule has 3 heterocycles. The van der Waals surface area contributed by atoms with Crippen LogP contribution in [-0.2, 0) is 6.54 Å². The van der Waals surface area contributed by atoms with E-state index in [0.717, 1.165) is 5.56 Å². The van der Waals surface area contributed by atoms with Crippen molar-refractivity contribution in [1.82, 2.24) is 19.9 Å². The smallest absolute Gasteiger partial charge is 0.275 e. The number of nitrogens with zero attached hydrogens (tertiary/aromatic N) is 2. The number of aromatic nitrogens is 3. The van der Waals surface area contributed by atoms with E-state index in [1.54, 1.807) is 6.20 Å². The highest BCUT2D eigenvalue weighted by Crippen LogP contribution is 2.21. The Morgan fingerprint density at radius 3 is 2.81 bits per heavy atom. The minimum Gasteiger partial charge on any atom is -0.396 e. The lowest BCUT2D eigenvalue weighted by Gasteiger charge is -2.13. The highest BCUT2D eigenvalue weighted by atomic mass is 16.3. The van der Waals surface area contributed by atoms with Gasteiger partial charge in [-0.25, -0.2) is 4.98 Å². The van der Waals surface area contributed by atoms with E-state index in [-0.39, 0.29) is 18.1 Å². The van der Waals surface area contributed by atoms with Crippen molar-refractivity contribution in [3.05, 3.63) is 28.4 Å². The number of nitrogens with one attached hydrogen (secondary N) is 2. The molecule has 3 rings (SSSR count). The van der Waals surface area contributed by atoms with Gasteiger partial charge in [0.1, 0.15) is 5.52 Å². The molecule has 1 fully saturated rings. The summed E-state index contributed by atoms with van der Waals surface area (Å²) in [5.41, 5.74) is 1.86. The Hall–Kier alpha value is -1.70. The number of hydrogen-bond acceptors (Lipinski definition) is 5. The van der Waals surface area contributed by atoms with Crippen molar-refractivity contribution in [3.63, 3.8) is 0 Å². The molecule has 0 spiro atoms. The third-order valence-corrected chi connectivity index (χ3v) is 3.66. The Balaban J connectivity index is 0.000000774. The summed E-state index contributed by atoms with van der Waals surface area (Å²) in [4.78, 5) is 23.2. The van der Waals surface area contributed by atoms with Gasteiger partial charge in [-0.05, 0) is 0 Å². The van der Waals surface area contributed by atoms with Crippen LogP contribution in [-0.4, -0.2) is 55.9 Å². The highest BCUT2D eigenvalue weighted by molar-refractivity contribution is 5.77. The van der Waals surface area contributed by atoms with E-state index < -0.39 is 6.10 Å². The average molecular weight is 294 g/mol. The number of likely N-dealkylation sites (tertiary alicyclic amines) is 1. The fourth-order valence-electron chi connectivity index (χ4n) is 2.62. The molecule has 2 aromatic heterocycles. The maximum Gasteiger partial charge on any atom is 0.275 e. The zero-order valence-corrected chi connectivity index (χ0v) is 12.3. The summed E-state index contributed by atoms with van der Waals surface area (Å²) in [5.74, 6) is -0.0958. The van der Waals surface area contributed by atoms with E-state index >= 15 is 0 Å². The fourth-order valence-corrected chi connectivity index (χ4v) is 2.62. The summed E-state index contributed by atoms with van der Waals surface area (Å²) in [7, 11) is 0. The molecule has 21 heavy (non-hydrogen) atoms. The van der Waals surface area contributed by atoms with Crippen molar-refractivity contribution in [1.29, 1.82) is 0 Å². The molecule has 0 saturated carbocycles. The second kappa shape index (κ2) is 6.84. The van der Waals surface area contributed by atoms with Crippen molar-refractivity contribution in [2.45, 2.75) is 26.5 Å². The summed E-state index contributed by atoms with van der Waals surface area (Å²) < 4.78 is 0. The Morgan fingerprint density at radius 1 is 1.38 bits per heavy atom. The minimum absolute atomic E-state index is 0.0104. The zero-order chi connectivity index (χ0) is 15.4. The first-order chi connectivity index (χ1) is 10.2. The number of fused-ring (bicyclic) bond motifs is 1. The normalized spacial score (nSPS) is 22.3. The molecule has 0 aliphatic carbocycles. The van der Waals surface area contributed by atoms with Crippen LogP contribution in [0.4, 0.5) is 0 Å². The molecular formula is C14H22N4O3. The summed E-state index contributed by atoms with van der Waals surface area (Å²) in [5, 5.41) is 18.9. The van der Waals surface area contributed by atoms with Crippen molar-refractivity contribution < 1.29 is 10.2 Å². The number of rotatable bonds is 3. The van der Waals surface area contributed by atoms with Crippen LogP contribution in [0, 0.1) is 5.92 Å². The van der Waals surface area contributed by atoms with Gasteiger partial charge in [-0.3, -0.25) is 9.69 Å². The first-order valence-corrected chi connectivity index (χ1v) is 7.24. The van der Waals surface area contributed by atoms with E-state index in [4.69, 9.17) is 5.11 Å². The fraction of sp³-hybridized carbons (Fsp3) is 0.571. The molecule has 1 aliphatic heterocycles. The molecule has 0 bridgehead atoms. The molecule has 1 aliphatic rings.